The molecule has 0 aliphatic carbocycles. The highest BCUT2D eigenvalue weighted by Gasteiger charge is 1.83. The zero-order valence-electron chi connectivity index (χ0n) is 7.51. The Morgan fingerprint density at radius 3 is 2.55 bits per heavy atom. The average molecular weight is 147 g/mol. The molecule has 0 unspecified atom stereocenters. The molecule has 0 fully saturated rings. The van der Waals surface area contributed by atoms with E-state index in [1.807, 2.05) is 0 Å². The number of hydrogen-bond acceptors (Lipinski definition) is 0. The molecule has 0 spiro atoms. The van der Waals surface area contributed by atoms with Crippen LogP contribution >= 0.6 is 0 Å². The van der Waals surface area contributed by atoms with Crippen molar-refractivity contribution in [2.24, 2.45) is 0 Å². The van der Waals surface area contributed by atoms with Gasteiger partial charge in [-0.05, 0) is 7.28 Å². The predicted molar refractivity (Wildman–Crippen MR) is 54.3 cm³/mol. The Hall–Kier alpha value is -0.715. The van der Waals surface area contributed by atoms with E-state index in [1.54, 1.807) is 5.46 Å². The minimum absolute atomic E-state index is 0.194. The summed E-state index contributed by atoms with van der Waals surface area (Å²) in [5.74, 6) is 0. The molecule has 0 atom stereocenters. The van der Waals surface area contributed by atoms with Gasteiger partial charge >= 0.3 is 0 Å². The summed E-state index contributed by atoms with van der Waals surface area (Å²) in [7, 11) is 0.194. The van der Waals surface area contributed by atoms with Crippen LogP contribution in [0.2, 0.25) is 6.32 Å². The summed E-state index contributed by atoms with van der Waals surface area (Å²) >= 11 is 0. The Morgan fingerprint density at radius 2 is 1.91 bits per heavy atom. The van der Waals surface area contributed by atoms with E-state index in [0.717, 1.165) is 0 Å². The van der Waals surface area contributed by atoms with Gasteiger partial charge in [-0.1, -0.05) is 50.1 Å². The highest BCUT2D eigenvalue weighted by atomic mass is 13.8. The van der Waals surface area contributed by atoms with Crippen molar-refractivity contribution < 1.29 is 0 Å². The van der Waals surface area contributed by atoms with Crippen molar-refractivity contribution >= 4 is 12.7 Å². The molecule has 60 valence electrons. The number of hydrogen-bond donors (Lipinski definition) is 0. The lowest BCUT2D eigenvalue weighted by Gasteiger charge is -2.04. The largest absolute Gasteiger partial charge is 0.217 e. The van der Waals surface area contributed by atoms with Gasteiger partial charge in [0, 0.05) is 0 Å². The van der Waals surface area contributed by atoms with Crippen LogP contribution in [0.3, 0.4) is 0 Å². The van der Waals surface area contributed by atoms with Crippen LogP contribution in [0.4, 0.5) is 0 Å². The SMILES string of the molecule is CCCC[BH2-]c1ccccc1. The molecule has 0 saturated heterocycles. The summed E-state index contributed by atoms with van der Waals surface area (Å²) in [6.07, 6.45) is 4.21. The molecule has 0 heterocycles. The maximum absolute atomic E-state index is 2.26. The fourth-order valence-corrected chi connectivity index (χ4v) is 1.59. The Bertz CT molecular complexity index is 181. The third-order valence-electron chi connectivity index (χ3n) is 2.31. The lowest BCUT2D eigenvalue weighted by Crippen LogP contribution is -2.11. The van der Waals surface area contributed by atoms with E-state index >= 15 is 0 Å². The monoisotopic (exact) mass is 147 g/mol. The van der Waals surface area contributed by atoms with E-state index < -0.39 is 0 Å². The molecule has 11 heavy (non-hydrogen) atoms. The molecule has 0 aliphatic heterocycles. The quantitative estimate of drug-likeness (QED) is 0.449. The van der Waals surface area contributed by atoms with Crippen molar-refractivity contribution in [1.82, 2.24) is 0 Å². The van der Waals surface area contributed by atoms with Gasteiger partial charge in [-0.25, -0.2) is 5.46 Å². The van der Waals surface area contributed by atoms with Gasteiger partial charge in [0.25, 0.3) is 0 Å². The maximum Gasteiger partial charge on any atom is -0.00416 e. The zero-order valence-corrected chi connectivity index (χ0v) is 7.51. The lowest BCUT2D eigenvalue weighted by molar-refractivity contribution is 0.881. The molecule has 1 aromatic rings. The van der Waals surface area contributed by atoms with Gasteiger partial charge in [0.1, 0.15) is 0 Å². The zero-order chi connectivity index (χ0) is 7.94. The van der Waals surface area contributed by atoms with Crippen LogP contribution in [0.15, 0.2) is 30.3 Å². The first-order chi connectivity index (χ1) is 5.43. The van der Waals surface area contributed by atoms with Crippen LogP contribution in [0.1, 0.15) is 19.8 Å². The van der Waals surface area contributed by atoms with Gasteiger partial charge in [0.15, 0.2) is 0 Å². The summed E-state index contributed by atoms with van der Waals surface area (Å²) in [5, 5.41) is 0. The molecule has 1 rings (SSSR count). The third kappa shape index (κ3) is 3.27. The van der Waals surface area contributed by atoms with Crippen molar-refractivity contribution in [3.8, 4) is 0 Å². The summed E-state index contributed by atoms with van der Waals surface area (Å²) in [5.41, 5.74) is 1.60. The highest BCUT2D eigenvalue weighted by molar-refractivity contribution is 6.53. The van der Waals surface area contributed by atoms with Crippen LogP contribution in [0, 0.1) is 0 Å². The van der Waals surface area contributed by atoms with E-state index in [1.165, 1.54) is 19.2 Å². The van der Waals surface area contributed by atoms with Gasteiger partial charge in [-0.3, -0.25) is 0 Å². The smallest absolute Gasteiger partial charge is 0.00416 e. The maximum atomic E-state index is 2.26. The normalized spacial score (nSPS) is 9.91. The molecule has 0 amide bonds. The van der Waals surface area contributed by atoms with Crippen molar-refractivity contribution in [3.05, 3.63) is 30.3 Å². The molecule has 0 bridgehead atoms. The molecule has 1 heteroatoms. The van der Waals surface area contributed by atoms with Crippen LogP contribution in [0.25, 0.3) is 0 Å². The minimum atomic E-state index is 0.194. The molecular weight excluding hydrogens is 131 g/mol. The van der Waals surface area contributed by atoms with Crippen molar-refractivity contribution in [3.63, 3.8) is 0 Å². The van der Waals surface area contributed by atoms with Crippen LogP contribution < -0.4 is 5.46 Å². The fourth-order valence-electron chi connectivity index (χ4n) is 1.59. The van der Waals surface area contributed by atoms with Crippen molar-refractivity contribution in [2.75, 3.05) is 0 Å². The Balaban J connectivity index is 2.28. The van der Waals surface area contributed by atoms with E-state index in [9.17, 15) is 0 Å². The minimum Gasteiger partial charge on any atom is -0.217 e. The first-order valence-electron chi connectivity index (χ1n) is 4.82. The number of benzene rings is 1. The summed E-state index contributed by atoms with van der Waals surface area (Å²) in [6.45, 7) is 2.26. The standard InChI is InChI=1S/C10H16B/c1-2-3-9-11-10-7-5-4-6-8-10/h4-8H,2-3,9,11H2,1H3/q-1. The lowest BCUT2D eigenvalue weighted by atomic mass is 9.66. The summed E-state index contributed by atoms with van der Waals surface area (Å²) < 4.78 is 0. The summed E-state index contributed by atoms with van der Waals surface area (Å²) in [6, 6.07) is 10.9. The van der Waals surface area contributed by atoms with E-state index in [0.29, 0.717) is 0 Å². The average Bonchev–Trinajstić information content (AvgIpc) is 2.07. The van der Waals surface area contributed by atoms with Crippen LogP contribution in [0.5, 0.6) is 0 Å². The Morgan fingerprint density at radius 1 is 1.18 bits per heavy atom. The molecule has 1 aromatic carbocycles. The summed E-state index contributed by atoms with van der Waals surface area (Å²) in [4.78, 5) is 0. The molecule has 0 nitrogen and oxygen atoms in total. The topological polar surface area (TPSA) is 0 Å². The molecule has 0 N–H and O–H groups in total. The number of unbranched alkanes of at least 4 members (excludes halogenated alkanes) is 1. The predicted octanol–water partition coefficient (Wildman–Crippen LogP) is 1.70. The van der Waals surface area contributed by atoms with Gasteiger partial charge in [-0.2, -0.15) is 6.32 Å². The number of rotatable bonds is 4. The van der Waals surface area contributed by atoms with E-state index in [4.69, 9.17) is 0 Å². The van der Waals surface area contributed by atoms with Crippen molar-refractivity contribution in [2.45, 2.75) is 26.1 Å². The molecule has 0 radical (unpaired) electrons. The first-order valence-corrected chi connectivity index (χ1v) is 4.82. The fraction of sp³-hybridized carbons (Fsp3) is 0.400. The second-order valence-electron chi connectivity index (χ2n) is 3.36. The third-order valence-corrected chi connectivity index (χ3v) is 2.31. The van der Waals surface area contributed by atoms with Gasteiger partial charge in [0.05, 0.1) is 0 Å². The van der Waals surface area contributed by atoms with E-state index in [2.05, 4.69) is 37.3 Å². The second kappa shape index (κ2) is 5.00. The van der Waals surface area contributed by atoms with Gasteiger partial charge in [-0.15, -0.1) is 0 Å². The molecule has 0 aromatic heterocycles. The van der Waals surface area contributed by atoms with Gasteiger partial charge in [0.2, 0.25) is 0 Å². The molecule has 0 aliphatic rings. The van der Waals surface area contributed by atoms with Crippen LogP contribution in [-0.2, 0) is 0 Å². The van der Waals surface area contributed by atoms with Gasteiger partial charge < -0.3 is 0 Å². The first kappa shape index (κ1) is 8.38. The second-order valence-corrected chi connectivity index (χ2v) is 3.36. The van der Waals surface area contributed by atoms with Crippen LogP contribution in [-0.4, -0.2) is 7.28 Å². The molecule has 0 saturated carbocycles. The highest BCUT2D eigenvalue weighted by Crippen LogP contribution is 1.93. The molecular formula is C10H16B-. The van der Waals surface area contributed by atoms with E-state index in [-0.39, 0.29) is 7.28 Å². The van der Waals surface area contributed by atoms with Crippen molar-refractivity contribution in [1.29, 1.82) is 0 Å². The Labute approximate surface area is 69.9 Å². The Kier molecular flexibility index (Phi) is 3.81.